The lowest BCUT2D eigenvalue weighted by Gasteiger charge is -1.82. The van der Waals surface area contributed by atoms with Gasteiger partial charge in [-0.3, -0.25) is 0 Å². The van der Waals surface area contributed by atoms with Gasteiger partial charge < -0.3 is 5.73 Å². The van der Waals surface area contributed by atoms with E-state index in [9.17, 15) is 0 Å². The molecular weight excluding hydrogens is 254 g/mol. The smallest absolute Gasteiger partial charge is 0.101 e. The zero-order chi connectivity index (χ0) is 6.15. The fourth-order valence-corrected chi connectivity index (χ4v) is 2.07. The Bertz CT molecular complexity index is 176. The molecule has 0 aliphatic heterocycles. The van der Waals surface area contributed by atoms with Gasteiger partial charge in [0.25, 0.3) is 0 Å². The first kappa shape index (κ1) is 6.58. The standard InChI is InChI=1S/C4H3Br2NS/c5-2-1-8-4(7)3(2)6/h1H,7H2. The van der Waals surface area contributed by atoms with Crippen LogP contribution < -0.4 is 5.73 Å². The van der Waals surface area contributed by atoms with Crippen LogP contribution in [-0.2, 0) is 0 Å². The largest absolute Gasteiger partial charge is 0.390 e. The average Bonchev–Trinajstić information content (AvgIpc) is 1.98. The first-order valence-electron chi connectivity index (χ1n) is 1.90. The van der Waals surface area contributed by atoms with E-state index in [0.717, 1.165) is 13.9 Å². The summed E-state index contributed by atoms with van der Waals surface area (Å²) in [6.45, 7) is 0. The second kappa shape index (κ2) is 2.37. The quantitative estimate of drug-likeness (QED) is 0.759. The van der Waals surface area contributed by atoms with E-state index < -0.39 is 0 Å². The van der Waals surface area contributed by atoms with Crippen molar-refractivity contribution in [3.05, 3.63) is 14.3 Å². The van der Waals surface area contributed by atoms with Crippen LogP contribution in [0.5, 0.6) is 0 Å². The summed E-state index contributed by atoms with van der Waals surface area (Å²) in [5, 5.41) is 2.76. The molecule has 0 amide bonds. The Morgan fingerprint density at radius 3 is 2.25 bits per heavy atom. The van der Waals surface area contributed by atoms with Crippen molar-refractivity contribution in [3.63, 3.8) is 0 Å². The highest BCUT2D eigenvalue weighted by atomic mass is 79.9. The molecule has 1 nitrogen and oxygen atoms in total. The van der Waals surface area contributed by atoms with Gasteiger partial charge in [0.15, 0.2) is 0 Å². The van der Waals surface area contributed by atoms with Gasteiger partial charge in [0.05, 0.1) is 4.47 Å². The molecule has 0 aliphatic carbocycles. The van der Waals surface area contributed by atoms with E-state index in [1.807, 2.05) is 5.38 Å². The highest BCUT2D eigenvalue weighted by Crippen LogP contribution is 2.34. The lowest BCUT2D eigenvalue weighted by Crippen LogP contribution is -1.76. The van der Waals surface area contributed by atoms with E-state index in [-0.39, 0.29) is 0 Å². The molecule has 1 aromatic heterocycles. The van der Waals surface area contributed by atoms with Crippen LogP contribution in [0.3, 0.4) is 0 Å². The molecule has 0 spiro atoms. The average molecular weight is 257 g/mol. The van der Waals surface area contributed by atoms with Crippen molar-refractivity contribution in [1.82, 2.24) is 0 Å². The van der Waals surface area contributed by atoms with Gasteiger partial charge >= 0.3 is 0 Å². The summed E-state index contributed by atoms with van der Waals surface area (Å²) in [6.07, 6.45) is 0. The van der Waals surface area contributed by atoms with E-state index in [1.165, 1.54) is 11.3 Å². The van der Waals surface area contributed by atoms with Gasteiger partial charge in [-0.05, 0) is 31.9 Å². The van der Waals surface area contributed by atoms with Gasteiger partial charge in [0, 0.05) is 9.85 Å². The Hall–Kier alpha value is 0.460. The first-order chi connectivity index (χ1) is 3.72. The highest BCUT2D eigenvalue weighted by Gasteiger charge is 2.00. The number of hydrogen-bond acceptors (Lipinski definition) is 2. The molecule has 44 valence electrons. The Kier molecular flexibility index (Phi) is 1.95. The summed E-state index contributed by atoms with van der Waals surface area (Å²) in [4.78, 5) is 0. The minimum absolute atomic E-state index is 0.817. The second-order valence-corrected chi connectivity index (χ2v) is 3.82. The van der Waals surface area contributed by atoms with Crippen LogP contribution >= 0.6 is 43.2 Å². The fourth-order valence-electron chi connectivity index (χ4n) is 0.336. The molecule has 0 aromatic carbocycles. The fraction of sp³-hybridized carbons (Fsp3) is 0. The molecule has 0 unspecified atom stereocenters. The third-order valence-electron chi connectivity index (χ3n) is 0.715. The molecule has 0 saturated carbocycles. The topological polar surface area (TPSA) is 26.0 Å². The number of anilines is 1. The van der Waals surface area contributed by atoms with Gasteiger partial charge in [-0.25, -0.2) is 0 Å². The lowest BCUT2D eigenvalue weighted by molar-refractivity contribution is 1.77. The van der Waals surface area contributed by atoms with Crippen molar-refractivity contribution in [2.45, 2.75) is 0 Å². The SMILES string of the molecule is Nc1scc(Br)c1Br. The van der Waals surface area contributed by atoms with Gasteiger partial charge in [-0.1, -0.05) is 0 Å². The van der Waals surface area contributed by atoms with Gasteiger partial charge in [-0.15, -0.1) is 11.3 Å². The molecule has 2 N–H and O–H groups in total. The van der Waals surface area contributed by atoms with Crippen molar-refractivity contribution in [1.29, 1.82) is 0 Å². The number of nitrogens with two attached hydrogens (primary N) is 1. The number of nitrogen functional groups attached to an aromatic ring is 1. The molecule has 1 aromatic rings. The summed E-state index contributed by atoms with van der Waals surface area (Å²) in [6, 6.07) is 0. The molecular formula is C4H3Br2NS. The summed E-state index contributed by atoms with van der Waals surface area (Å²) in [7, 11) is 0. The number of thiophene rings is 1. The van der Waals surface area contributed by atoms with E-state index in [4.69, 9.17) is 5.73 Å². The molecule has 0 aliphatic rings. The molecule has 0 fully saturated rings. The molecule has 0 bridgehead atoms. The van der Waals surface area contributed by atoms with Crippen LogP contribution in [0.1, 0.15) is 0 Å². The first-order valence-corrected chi connectivity index (χ1v) is 4.36. The summed E-state index contributed by atoms with van der Waals surface area (Å²) in [5.41, 5.74) is 5.48. The molecule has 1 heterocycles. The number of hydrogen-bond donors (Lipinski definition) is 1. The Balaban J connectivity index is 3.19. The summed E-state index contributed by atoms with van der Waals surface area (Å²) < 4.78 is 1.99. The van der Waals surface area contributed by atoms with Crippen molar-refractivity contribution >= 4 is 48.2 Å². The van der Waals surface area contributed by atoms with Gasteiger partial charge in [-0.2, -0.15) is 0 Å². The number of halogens is 2. The van der Waals surface area contributed by atoms with Crippen molar-refractivity contribution in [3.8, 4) is 0 Å². The van der Waals surface area contributed by atoms with Crippen LogP contribution in [0.4, 0.5) is 5.00 Å². The maximum Gasteiger partial charge on any atom is 0.101 e. The molecule has 0 radical (unpaired) electrons. The van der Waals surface area contributed by atoms with Gasteiger partial charge in [0.1, 0.15) is 5.00 Å². The van der Waals surface area contributed by atoms with E-state index in [2.05, 4.69) is 31.9 Å². The molecule has 8 heavy (non-hydrogen) atoms. The van der Waals surface area contributed by atoms with Crippen LogP contribution in [0.15, 0.2) is 14.3 Å². The second-order valence-electron chi connectivity index (χ2n) is 1.26. The predicted octanol–water partition coefficient (Wildman–Crippen LogP) is 2.86. The van der Waals surface area contributed by atoms with E-state index in [1.54, 1.807) is 0 Å². The van der Waals surface area contributed by atoms with E-state index in [0.29, 0.717) is 0 Å². The molecule has 0 saturated heterocycles. The monoisotopic (exact) mass is 255 g/mol. The predicted molar refractivity (Wildman–Crippen MR) is 44.1 cm³/mol. The lowest BCUT2D eigenvalue weighted by atomic mass is 10.6. The van der Waals surface area contributed by atoms with Crippen molar-refractivity contribution in [2.75, 3.05) is 5.73 Å². The highest BCUT2D eigenvalue weighted by molar-refractivity contribution is 9.13. The zero-order valence-corrected chi connectivity index (χ0v) is 7.81. The Morgan fingerprint density at radius 2 is 2.12 bits per heavy atom. The maximum atomic E-state index is 5.48. The minimum atomic E-state index is 0.817. The summed E-state index contributed by atoms with van der Waals surface area (Å²) >= 11 is 8.10. The van der Waals surface area contributed by atoms with Crippen LogP contribution in [0.25, 0.3) is 0 Å². The Morgan fingerprint density at radius 1 is 1.50 bits per heavy atom. The van der Waals surface area contributed by atoms with Crippen LogP contribution in [-0.4, -0.2) is 0 Å². The van der Waals surface area contributed by atoms with Crippen molar-refractivity contribution in [2.24, 2.45) is 0 Å². The third-order valence-corrected chi connectivity index (χ3v) is 4.10. The zero-order valence-electron chi connectivity index (χ0n) is 3.82. The summed E-state index contributed by atoms with van der Waals surface area (Å²) in [5.74, 6) is 0. The molecule has 4 heteroatoms. The van der Waals surface area contributed by atoms with E-state index >= 15 is 0 Å². The van der Waals surface area contributed by atoms with Gasteiger partial charge in [0.2, 0.25) is 0 Å². The van der Waals surface area contributed by atoms with Crippen LogP contribution in [0, 0.1) is 0 Å². The molecule has 0 atom stereocenters. The normalized spacial score (nSPS) is 9.75. The molecule has 1 rings (SSSR count). The maximum absolute atomic E-state index is 5.48. The minimum Gasteiger partial charge on any atom is -0.390 e. The Labute approximate surface area is 68.1 Å². The van der Waals surface area contributed by atoms with Crippen molar-refractivity contribution < 1.29 is 0 Å². The third kappa shape index (κ3) is 1.06. The van der Waals surface area contributed by atoms with Crippen LogP contribution in [0.2, 0.25) is 0 Å². The number of rotatable bonds is 0.